The van der Waals surface area contributed by atoms with Crippen molar-refractivity contribution < 1.29 is 14.5 Å². The van der Waals surface area contributed by atoms with Crippen molar-refractivity contribution in [2.45, 2.75) is 26.2 Å². The number of ether oxygens (including phenoxy) is 1. The summed E-state index contributed by atoms with van der Waals surface area (Å²) in [7, 11) is 0. The number of nitriles is 2. The van der Waals surface area contributed by atoms with Gasteiger partial charge in [0.25, 0.3) is 5.69 Å². The van der Waals surface area contributed by atoms with Crippen LogP contribution in [0.25, 0.3) is 0 Å². The van der Waals surface area contributed by atoms with Crippen LogP contribution in [0.3, 0.4) is 0 Å². The maximum absolute atomic E-state index is 12.6. The molecule has 132 valence electrons. The molecule has 1 heterocycles. The lowest BCUT2D eigenvalue weighted by atomic mass is 9.81. The number of rotatable bonds is 5. The predicted molar refractivity (Wildman–Crippen MR) is 91.2 cm³/mol. The van der Waals surface area contributed by atoms with E-state index in [1.54, 1.807) is 19.9 Å². The van der Waals surface area contributed by atoms with Crippen molar-refractivity contribution in [1.29, 1.82) is 10.5 Å². The van der Waals surface area contributed by atoms with Gasteiger partial charge in [0.1, 0.15) is 6.61 Å². The van der Waals surface area contributed by atoms with Gasteiger partial charge in [-0.1, -0.05) is 12.1 Å². The highest BCUT2D eigenvalue weighted by atomic mass is 16.6. The maximum atomic E-state index is 12.6. The number of non-ortho nitro benzene ring substituents is 1. The minimum Gasteiger partial charge on any atom is -0.461 e. The molecular formula is C18H16N4O4. The highest BCUT2D eigenvalue weighted by Gasteiger charge is 2.34. The Bertz CT molecular complexity index is 903. The monoisotopic (exact) mass is 352 g/mol. The summed E-state index contributed by atoms with van der Waals surface area (Å²) in [6.45, 7) is 3.30. The minimum absolute atomic E-state index is 0.0486. The van der Waals surface area contributed by atoms with Crippen LogP contribution in [0.2, 0.25) is 0 Å². The van der Waals surface area contributed by atoms with Gasteiger partial charge in [-0.15, -0.1) is 0 Å². The van der Waals surface area contributed by atoms with Crippen LogP contribution < -0.4 is 5.32 Å². The molecule has 1 aromatic carbocycles. The van der Waals surface area contributed by atoms with Crippen LogP contribution in [-0.4, -0.2) is 17.5 Å². The summed E-state index contributed by atoms with van der Waals surface area (Å²) in [5.41, 5.74) is 1.86. The lowest BCUT2D eigenvalue weighted by Crippen LogP contribution is -2.29. The molecular weight excluding hydrogens is 336 g/mol. The fourth-order valence-corrected chi connectivity index (χ4v) is 2.83. The van der Waals surface area contributed by atoms with Gasteiger partial charge in [-0.2, -0.15) is 10.5 Å². The quantitative estimate of drug-likeness (QED) is 0.373. The van der Waals surface area contributed by atoms with Crippen LogP contribution in [0, 0.1) is 32.8 Å². The maximum Gasteiger partial charge on any atom is 0.336 e. The summed E-state index contributed by atoms with van der Waals surface area (Å²) in [4.78, 5) is 23.1. The molecule has 8 heteroatoms. The third-order valence-corrected chi connectivity index (χ3v) is 3.96. The Labute approximate surface area is 150 Å². The predicted octanol–water partition coefficient (Wildman–Crippen LogP) is 2.81. The number of dihydropyridines is 1. The Balaban J connectivity index is 2.54. The van der Waals surface area contributed by atoms with Crippen molar-refractivity contribution in [2.24, 2.45) is 0 Å². The number of nitrogens with zero attached hydrogens (tertiary/aromatic N) is 3. The Morgan fingerprint density at radius 3 is 2.69 bits per heavy atom. The zero-order chi connectivity index (χ0) is 19.3. The molecule has 0 unspecified atom stereocenters. The van der Waals surface area contributed by atoms with Gasteiger partial charge in [0.2, 0.25) is 0 Å². The summed E-state index contributed by atoms with van der Waals surface area (Å²) in [5.74, 6) is -1.45. The number of hydrogen-bond acceptors (Lipinski definition) is 7. The van der Waals surface area contributed by atoms with Gasteiger partial charge < -0.3 is 10.1 Å². The number of carbonyl (C=O) groups excluding carboxylic acids is 1. The molecule has 26 heavy (non-hydrogen) atoms. The molecule has 0 bridgehead atoms. The van der Waals surface area contributed by atoms with Crippen LogP contribution in [0.15, 0.2) is 46.8 Å². The molecule has 0 spiro atoms. The molecule has 1 atom stereocenters. The molecule has 0 aromatic heterocycles. The number of esters is 1. The Hall–Kier alpha value is -3.65. The highest BCUT2D eigenvalue weighted by Crippen LogP contribution is 2.39. The van der Waals surface area contributed by atoms with E-state index in [4.69, 9.17) is 10.00 Å². The largest absolute Gasteiger partial charge is 0.461 e. The van der Waals surface area contributed by atoms with Crippen molar-refractivity contribution in [1.82, 2.24) is 5.32 Å². The first-order chi connectivity index (χ1) is 12.4. The fourth-order valence-electron chi connectivity index (χ4n) is 2.83. The average molecular weight is 352 g/mol. The lowest BCUT2D eigenvalue weighted by Gasteiger charge is -2.28. The summed E-state index contributed by atoms with van der Waals surface area (Å²) in [6, 6.07) is 9.78. The van der Waals surface area contributed by atoms with Crippen molar-refractivity contribution in [2.75, 3.05) is 6.61 Å². The first kappa shape index (κ1) is 18.7. The van der Waals surface area contributed by atoms with E-state index in [0.29, 0.717) is 17.0 Å². The molecule has 0 amide bonds. The Kier molecular flexibility index (Phi) is 5.71. The van der Waals surface area contributed by atoms with E-state index in [9.17, 15) is 20.2 Å². The number of nitrogens with one attached hydrogen (secondary N) is 1. The van der Waals surface area contributed by atoms with Crippen molar-refractivity contribution >= 4 is 11.7 Å². The normalized spacial score (nSPS) is 16.4. The highest BCUT2D eigenvalue weighted by molar-refractivity contribution is 5.93. The van der Waals surface area contributed by atoms with E-state index in [1.807, 2.05) is 6.07 Å². The summed E-state index contributed by atoms with van der Waals surface area (Å²) < 4.78 is 5.12. The van der Waals surface area contributed by atoms with Gasteiger partial charge in [-0.05, 0) is 19.4 Å². The van der Waals surface area contributed by atoms with Crippen LogP contribution >= 0.6 is 0 Å². The molecule has 1 aromatic rings. The second kappa shape index (κ2) is 7.95. The molecule has 8 nitrogen and oxygen atoms in total. The molecule has 1 N–H and O–H groups in total. The average Bonchev–Trinajstić information content (AvgIpc) is 2.61. The minimum atomic E-state index is -0.782. The van der Waals surface area contributed by atoms with E-state index < -0.39 is 16.8 Å². The van der Waals surface area contributed by atoms with Crippen LogP contribution in [0.1, 0.15) is 31.7 Å². The Morgan fingerprint density at radius 1 is 1.35 bits per heavy atom. The lowest BCUT2D eigenvalue weighted by molar-refractivity contribution is -0.384. The van der Waals surface area contributed by atoms with E-state index in [0.717, 1.165) is 0 Å². The zero-order valence-corrected chi connectivity index (χ0v) is 14.3. The molecule has 1 aliphatic heterocycles. The first-order valence-corrected chi connectivity index (χ1v) is 7.77. The van der Waals surface area contributed by atoms with E-state index >= 15 is 0 Å². The van der Waals surface area contributed by atoms with Crippen molar-refractivity contribution in [3.05, 3.63) is 62.5 Å². The second-order valence-electron chi connectivity index (χ2n) is 5.64. The molecule has 0 saturated heterocycles. The summed E-state index contributed by atoms with van der Waals surface area (Å²) in [5, 5.41) is 32.2. The standard InChI is InChI=1S/C18H16N4O4/c1-11-15(10-20)17(13-5-3-6-14(9-13)22(24)25)16(12(2)21-11)18(23)26-8-4-7-19/h3,5-6,9,17,21H,4,8H2,1-2H3/t17-/m1/s1. The number of nitro benzene ring substituents is 1. The molecule has 2 rings (SSSR count). The van der Waals surface area contributed by atoms with Crippen LogP contribution in [0.4, 0.5) is 5.69 Å². The van der Waals surface area contributed by atoms with Gasteiger partial charge in [-0.3, -0.25) is 10.1 Å². The zero-order valence-electron chi connectivity index (χ0n) is 14.3. The number of carbonyl (C=O) groups is 1. The molecule has 0 aliphatic carbocycles. The van der Waals surface area contributed by atoms with Gasteiger partial charge in [0, 0.05) is 23.5 Å². The number of hydrogen-bond donors (Lipinski definition) is 1. The number of allylic oxidation sites excluding steroid dienone is 3. The van der Waals surface area contributed by atoms with Gasteiger partial charge in [0.05, 0.1) is 40.5 Å². The summed E-state index contributed by atoms with van der Waals surface area (Å²) >= 11 is 0. The van der Waals surface area contributed by atoms with E-state index in [-0.39, 0.29) is 29.9 Å². The smallest absolute Gasteiger partial charge is 0.336 e. The van der Waals surface area contributed by atoms with Crippen molar-refractivity contribution in [3.8, 4) is 12.1 Å². The topological polar surface area (TPSA) is 129 Å². The third-order valence-electron chi connectivity index (χ3n) is 3.96. The van der Waals surface area contributed by atoms with Crippen molar-refractivity contribution in [3.63, 3.8) is 0 Å². The number of nitro groups is 1. The Morgan fingerprint density at radius 2 is 2.08 bits per heavy atom. The molecule has 0 radical (unpaired) electrons. The third kappa shape index (κ3) is 3.70. The van der Waals surface area contributed by atoms with Crippen LogP contribution in [-0.2, 0) is 9.53 Å². The number of benzene rings is 1. The fraction of sp³-hybridized carbons (Fsp3) is 0.278. The van der Waals surface area contributed by atoms with Gasteiger partial charge >= 0.3 is 5.97 Å². The molecule has 1 aliphatic rings. The SMILES string of the molecule is CC1=C(C#N)[C@@H](c2cccc([N+](=O)[O-])c2)C(C(=O)OCCC#N)=C(C)N1. The van der Waals surface area contributed by atoms with Crippen LogP contribution in [0.5, 0.6) is 0 Å². The van der Waals surface area contributed by atoms with Gasteiger partial charge in [-0.25, -0.2) is 4.79 Å². The molecule has 0 saturated carbocycles. The second-order valence-corrected chi connectivity index (χ2v) is 5.64. The molecule has 0 fully saturated rings. The summed E-state index contributed by atoms with van der Waals surface area (Å²) in [6.07, 6.45) is 0.0486. The van der Waals surface area contributed by atoms with Gasteiger partial charge in [0.15, 0.2) is 0 Å². The first-order valence-electron chi connectivity index (χ1n) is 7.77. The van der Waals surface area contributed by atoms with E-state index in [1.165, 1.54) is 18.2 Å². The van der Waals surface area contributed by atoms with E-state index in [2.05, 4.69) is 11.4 Å².